The van der Waals surface area contributed by atoms with Crippen LogP contribution in [-0.4, -0.2) is 24.6 Å². The highest BCUT2D eigenvalue weighted by atomic mass is 35.5. The number of hydrogen-bond acceptors (Lipinski definition) is 5. The lowest BCUT2D eigenvalue weighted by Gasteiger charge is -2.01. The van der Waals surface area contributed by atoms with Gasteiger partial charge < -0.3 is 0 Å². The van der Waals surface area contributed by atoms with Crippen LogP contribution in [0.1, 0.15) is 29.1 Å². The molecule has 0 atom stereocenters. The van der Waals surface area contributed by atoms with Crippen molar-refractivity contribution in [1.82, 2.24) is 24.6 Å². The Bertz CT molecular complexity index is 1340. The summed E-state index contributed by atoms with van der Waals surface area (Å²) in [6.07, 6.45) is -0.457. The van der Waals surface area contributed by atoms with Crippen LogP contribution in [0.4, 0.5) is 8.78 Å². The van der Waals surface area contributed by atoms with Crippen molar-refractivity contribution in [2.24, 2.45) is 0 Å². The molecular weight excluding hydrogens is 404 g/mol. The molecule has 4 heterocycles. The van der Waals surface area contributed by atoms with Gasteiger partial charge in [0.2, 0.25) is 0 Å². The highest BCUT2D eigenvalue weighted by molar-refractivity contribution is 7.26. The number of thiophene rings is 1. The van der Waals surface area contributed by atoms with Gasteiger partial charge >= 0.3 is 0 Å². The fraction of sp³-hybridized carbons (Fsp3) is 0.158. The summed E-state index contributed by atoms with van der Waals surface area (Å²) >= 11 is 7.24. The summed E-state index contributed by atoms with van der Waals surface area (Å²) < 4.78 is 28.6. The molecule has 0 aliphatic carbocycles. The Morgan fingerprint density at radius 1 is 1.18 bits per heavy atom. The van der Waals surface area contributed by atoms with Crippen molar-refractivity contribution in [2.75, 3.05) is 0 Å². The number of nitrogens with zero attached hydrogens (tertiary/aromatic N) is 5. The number of benzene rings is 1. The largest absolute Gasteiger partial charge is 0.280 e. The molecule has 0 fully saturated rings. The Balaban J connectivity index is 1.67. The Morgan fingerprint density at radius 2 is 1.96 bits per heavy atom. The first-order valence-corrected chi connectivity index (χ1v) is 9.65. The molecule has 5 aromatic rings. The van der Waals surface area contributed by atoms with Gasteiger partial charge in [0.05, 0.1) is 5.52 Å². The third-order valence-corrected chi connectivity index (χ3v) is 5.85. The van der Waals surface area contributed by atoms with Crippen molar-refractivity contribution in [1.29, 1.82) is 0 Å². The second-order valence-corrected chi connectivity index (χ2v) is 7.90. The number of pyridine rings is 1. The molecule has 5 rings (SSSR count). The topological polar surface area (TPSA) is 56.0 Å². The molecule has 0 aliphatic heterocycles. The minimum absolute atomic E-state index is 0.225. The van der Waals surface area contributed by atoms with Gasteiger partial charge in [0.1, 0.15) is 21.6 Å². The quantitative estimate of drug-likeness (QED) is 0.397. The first-order valence-electron chi connectivity index (χ1n) is 8.46. The summed E-state index contributed by atoms with van der Waals surface area (Å²) in [5.41, 5.74) is 2.90. The van der Waals surface area contributed by atoms with Crippen molar-refractivity contribution < 1.29 is 8.78 Å². The number of rotatable bonds is 3. The molecule has 28 heavy (non-hydrogen) atoms. The van der Waals surface area contributed by atoms with E-state index >= 15 is 0 Å². The zero-order chi connectivity index (χ0) is 19.4. The molecule has 0 bridgehead atoms. The standard InChI is InChI=1S/C19H12ClF2N5S/c1-9-6-12(17(21)22)24-19-14(9)15-16(28-19)18-25-13(26-27(18)8-23-15)7-10-2-4-11(20)5-3-10/h2-6,8,17H,7H2,1H3. The minimum Gasteiger partial charge on any atom is -0.236 e. The van der Waals surface area contributed by atoms with Gasteiger partial charge in [-0.15, -0.1) is 16.4 Å². The zero-order valence-electron chi connectivity index (χ0n) is 14.5. The number of aromatic nitrogens is 5. The van der Waals surface area contributed by atoms with E-state index in [0.717, 1.165) is 21.2 Å². The lowest BCUT2D eigenvalue weighted by atomic mass is 10.1. The van der Waals surface area contributed by atoms with Crippen molar-refractivity contribution in [3.05, 3.63) is 64.3 Å². The maximum atomic E-state index is 13.1. The summed E-state index contributed by atoms with van der Waals surface area (Å²) in [5, 5.41) is 5.96. The monoisotopic (exact) mass is 415 g/mol. The van der Waals surface area contributed by atoms with Gasteiger partial charge in [-0.3, -0.25) is 0 Å². The normalized spacial score (nSPS) is 12.0. The Kier molecular flexibility index (Phi) is 3.99. The van der Waals surface area contributed by atoms with Crippen molar-refractivity contribution >= 4 is 49.0 Å². The average molecular weight is 416 g/mol. The SMILES string of the molecule is Cc1cc(C(F)F)nc2sc3c(ncn4nc(Cc5ccc(Cl)cc5)nc34)c12. The molecule has 5 nitrogen and oxygen atoms in total. The van der Waals surface area contributed by atoms with E-state index in [1.165, 1.54) is 17.4 Å². The van der Waals surface area contributed by atoms with Gasteiger partial charge in [0.25, 0.3) is 6.43 Å². The molecule has 0 aliphatic rings. The van der Waals surface area contributed by atoms with E-state index in [0.29, 0.717) is 33.3 Å². The molecule has 0 saturated carbocycles. The molecule has 0 radical (unpaired) electrons. The molecule has 0 amide bonds. The summed E-state index contributed by atoms with van der Waals surface area (Å²) in [7, 11) is 0. The first-order chi connectivity index (χ1) is 13.5. The third kappa shape index (κ3) is 2.80. The van der Waals surface area contributed by atoms with Crippen LogP contribution < -0.4 is 0 Å². The lowest BCUT2D eigenvalue weighted by Crippen LogP contribution is -1.93. The van der Waals surface area contributed by atoms with E-state index in [4.69, 9.17) is 11.6 Å². The molecule has 4 aromatic heterocycles. The maximum absolute atomic E-state index is 13.1. The van der Waals surface area contributed by atoms with Gasteiger partial charge in [-0.05, 0) is 36.2 Å². The van der Waals surface area contributed by atoms with Crippen molar-refractivity contribution in [3.8, 4) is 0 Å². The van der Waals surface area contributed by atoms with E-state index in [2.05, 4.69) is 20.1 Å². The van der Waals surface area contributed by atoms with Crippen LogP contribution in [0.25, 0.3) is 26.1 Å². The van der Waals surface area contributed by atoms with Crippen LogP contribution in [0.2, 0.25) is 5.02 Å². The maximum Gasteiger partial charge on any atom is 0.280 e. The van der Waals surface area contributed by atoms with Gasteiger partial charge in [0.15, 0.2) is 11.5 Å². The van der Waals surface area contributed by atoms with Crippen LogP contribution in [0.15, 0.2) is 36.7 Å². The highest BCUT2D eigenvalue weighted by Crippen LogP contribution is 2.36. The number of alkyl halides is 2. The second kappa shape index (κ2) is 6.42. The lowest BCUT2D eigenvalue weighted by molar-refractivity contribution is 0.146. The molecule has 0 unspecified atom stereocenters. The fourth-order valence-electron chi connectivity index (χ4n) is 3.25. The minimum atomic E-state index is -2.61. The van der Waals surface area contributed by atoms with Crippen LogP contribution in [0.5, 0.6) is 0 Å². The number of fused-ring (bicyclic) bond motifs is 5. The van der Waals surface area contributed by atoms with Gasteiger partial charge in [-0.25, -0.2) is 28.2 Å². The van der Waals surface area contributed by atoms with Crippen LogP contribution in [-0.2, 0) is 6.42 Å². The number of aryl methyl sites for hydroxylation is 1. The Labute approximate surface area is 166 Å². The predicted molar refractivity (Wildman–Crippen MR) is 105 cm³/mol. The molecular formula is C19H12ClF2N5S. The smallest absolute Gasteiger partial charge is 0.236 e. The van der Waals surface area contributed by atoms with Gasteiger partial charge in [-0.1, -0.05) is 23.7 Å². The van der Waals surface area contributed by atoms with E-state index in [-0.39, 0.29) is 5.69 Å². The number of hydrogen-bond donors (Lipinski definition) is 0. The zero-order valence-corrected chi connectivity index (χ0v) is 16.1. The summed E-state index contributed by atoms with van der Waals surface area (Å²) in [4.78, 5) is 13.8. The fourth-order valence-corrected chi connectivity index (χ4v) is 4.56. The van der Waals surface area contributed by atoms with E-state index in [1.807, 2.05) is 24.3 Å². The first kappa shape index (κ1) is 17.4. The molecule has 140 valence electrons. The molecule has 1 aromatic carbocycles. The molecule has 0 N–H and O–H groups in total. The van der Waals surface area contributed by atoms with Crippen LogP contribution in [0, 0.1) is 6.92 Å². The second-order valence-electron chi connectivity index (χ2n) is 6.47. The highest BCUT2D eigenvalue weighted by Gasteiger charge is 2.19. The van der Waals surface area contributed by atoms with E-state index in [1.54, 1.807) is 17.8 Å². The average Bonchev–Trinajstić information content (AvgIpc) is 3.24. The summed E-state index contributed by atoms with van der Waals surface area (Å²) in [6, 6.07) is 8.93. The summed E-state index contributed by atoms with van der Waals surface area (Å²) in [6.45, 7) is 1.80. The van der Waals surface area contributed by atoms with E-state index < -0.39 is 6.43 Å². The Hall–Kier alpha value is -2.71. The van der Waals surface area contributed by atoms with Crippen molar-refractivity contribution in [3.63, 3.8) is 0 Å². The molecule has 0 saturated heterocycles. The van der Waals surface area contributed by atoms with E-state index in [9.17, 15) is 8.78 Å². The predicted octanol–water partition coefficient (Wildman–Crippen LogP) is 5.38. The number of halogens is 3. The van der Waals surface area contributed by atoms with Crippen molar-refractivity contribution in [2.45, 2.75) is 19.8 Å². The third-order valence-electron chi connectivity index (χ3n) is 4.53. The van der Waals surface area contributed by atoms with Crippen LogP contribution >= 0.6 is 22.9 Å². The van der Waals surface area contributed by atoms with Crippen LogP contribution in [0.3, 0.4) is 0 Å². The summed E-state index contributed by atoms with van der Waals surface area (Å²) in [5.74, 6) is 0.645. The van der Waals surface area contributed by atoms with Gasteiger partial charge in [0, 0.05) is 16.8 Å². The molecule has 9 heteroatoms. The van der Waals surface area contributed by atoms with Gasteiger partial charge in [-0.2, -0.15) is 0 Å². The Morgan fingerprint density at radius 3 is 2.71 bits per heavy atom. The molecule has 0 spiro atoms.